The van der Waals surface area contributed by atoms with Gasteiger partial charge in [-0.1, -0.05) is 6.07 Å². The van der Waals surface area contributed by atoms with E-state index in [4.69, 9.17) is 4.74 Å². The molecule has 0 aliphatic heterocycles. The highest BCUT2D eigenvalue weighted by atomic mass is 19.1. The normalized spacial score (nSPS) is 12.9. The topological polar surface area (TPSA) is 55.8 Å². The third-order valence-corrected chi connectivity index (χ3v) is 2.76. The maximum Gasteiger partial charge on any atom is 0.314 e. The van der Waals surface area contributed by atoms with Gasteiger partial charge in [0.25, 0.3) is 0 Å². The number of hydrogen-bond donors (Lipinski definition) is 1. The number of hydrogen-bond acceptors (Lipinski definition) is 4. The van der Waals surface area contributed by atoms with Crippen LogP contribution < -0.4 is 4.74 Å². The summed E-state index contributed by atoms with van der Waals surface area (Å²) in [5.74, 6) is -0.950. The molecule has 0 fully saturated rings. The molecule has 0 saturated heterocycles. The summed E-state index contributed by atoms with van der Waals surface area (Å²) in [4.78, 5) is 11.5. The molecular formula is C14H19FO4. The van der Waals surface area contributed by atoms with Crippen molar-refractivity contribution in [2.45, 2.75) is 26.9 Å². The van der Waals surface area contributed by atoms with Gasteiger partial charge in [0.1, 0.15) is 6.61 Å². The first-order valence-corrected chi connectivity index (χ1v) is 5.96. The number of methoxy groups -OCH3 is 1. The minimum absolute atomic E-state index is 0.00458. The molecule has 1 rings (SSSR count). The van der Waals surface area contributed by atoms with Gasteiger partial charge in [0.15, 0.2) is 11.6 Å². The second kappa shape index (κ2) is 6.02. The van der Waals surface area contributed by atoms with Crippen molar-refractivity contribution in [1.29, 1.82) is 0 Å². The van der Waals surface area contributed by atoms with E-state index >= 15 is 0 Å². The first kappa shape index (κ1) is 15.4. The highest BCUT2D eigenvalue weighted by molar-refractivity contribution is 5.75. The standard InChI is InChI=1S/C14H19FO4/c1-9(16)10-5-6-12(11(15)7-10)19-8-14(2,3)13(17)18-4/h5-7,9,16H,8H2,1-4H3. The molecule has 1 N–H and O–H groups in total. The summed E-state index contributed by atoms with van der Waals surface area (Å²) in [6.07, 6.45) is -0.741. The van der Waals surface area contributed by atoms with Crippen LogP contribution in [0.25, 0.3) is 0 Å². The van der Waals surface area contributed by atoms with Crippen LogP contribution in [0, 0.1) is 11.2 Å². The average molecular weight is 270 g/mol. The van der Waals surface area contributed by atoms with Crippen LogP contribution >= 0.6 is 0 Å². The smallest absolute Gasteiger partial charge is 0.314 e. The van der Waals surface area contributed by atoms with E-state index in [1.165, 1.54) is 19.2 Å². The Morgan fingerprint density at radius 2 is 2.11 bits per heavy atom. The molecule has 1 unspecified atom stereocenters. The first-order valence-electron chi connectivity index (χ1n) is 5.96. The Morgan fingerprint density at radius 3 is 2.58 bits per heavy atom. The largest absolute Gasteiger partial charge is 0.489 e. The number of aliphatic hydroxyl groups excluding tert-OH is 1. The van der Waals surface area contributed by atoms with Gasteiger partial charge in [-0.15, -0.1) is 0 Å². The SMILES string of the molecule is COC(=O)C(C)(C)COc1ccc(C(C)O)cc1F. The molecular weight excluding hydrogens is 251 g/mol. The maximum absolute atomic E-state index is 13.7. The van der Waals surface area contributed by atoms with Crippen molar-refractivity contribution >= 4 is 5.97 Å². The Morgan fingerprint density at radius 1 is 1.47 bits per heavy atom. The monoisotopic (exact) mass is 270 g/mol. The van der Waals surface area contributed by atoms with Crippen molar-refractivity contribution < 1.29 is 23.8 Å². The predicted octanol–water partition coefficient (Wildman–Crippen LogP) is 2.46. The van der Waals surface area contributed by atoms with E-state index in [2.05, 4.69) is 4.74 Å². The van der Waals surface area contributed by atoms with E-state index < -0.39 is 23.3 Å². The number of carbonyl (C=O) groups is 1. The molecule has 0 heterocycles. The van der Waals surface area contributed by atoms with Gasteiger partial charge >= 0.3 is 5.97 Å². The Kier molecular flexibility index (Phi) is 4.89. The number of aliphatic hydroxyl groups is 1. The maximum atomic E-state index is 13.7. The Balaban J connectivity index is 2.76. The molecule has 0 saturated carbocycles. The van der Waals surface area contributed by atoms with Crippen molar-refractivity contribution in [3.8, 4) is 5.75 Å². The first-order chi connectivity index (χ1) is 8.77. The van der Waals surface area contributed by atoms with Crippen LogP contribution in [-0.2, 0) is 9.53 Å². The zero-order chi connectivity index (χ0) is 14.6. The van der Waals surface area contributed by atoms with Crippen LogP contribution in [0.1, 0.15) is 32.4 Å². The fourth-order valence-electron chi connectivity index (χ4n) is 1.49. The van der Waals surface area contributed by atoms with Crippen LogP contribution in [-0.4, -0.2) is 24.8 Å². The van der Waals surface area contributed by atoms with Crippen LogP contribution in [0.3, 0.4) is 0 Å². The number of esters is 1. The zero-order valence-corrected chi connectivity index (χ0v) is 11.6. The predicted molar refractivity (Wildman–Crippen MR) is 68.3 cm³/mol. The Bertz CT molecular complexity index is 455. The van der Waals surface area contributed by atoms with Gasteiger partial charge in [-0.25, -0.2) is 4.39 Å². The lowest BCUT2D eigenvalue weighted by Gasteiger charge is -2.22. The van der Waals surface area contributed by atoms with Crippen molar-refractivity contribution in [1.82, 2.24) is 0 Å². The molecule has 0 aliphatic rings. The van der Waals surface area contributed by atoms with E-state index in [1.807, 2.05) is 0 Å². The minimum atomic E-state index is -0.857. The highest BCUT2D eigenvalue weighted by Crippen LogP contribution is 2.25. The molecule has 1 aromatic carbocycles. The lowest BCUT2D eigenvalue weighted by Crippen LogP contribution is -2.32. The van der Waals surface area contributed by atoms with Gasteiger partial charge in [-0.2, -0.15) is 0 Å². The van der Waals surface area contributed by atoms with E-state index in [-0.39, 0.29) is 12.4 Å². The lowest BCUT2D eigenvalue weighted by atomic mass is 9.95. The second-order valence-corrected chi connectivity index (χ2v) is 5.03. The quantitative estimate of drug-likeness (QED) is 0.835. The summed E-state index contributed by atoms with van der Waals surface area (Å²) >= 11 is 0. The lowest BCUT2D eigenvalue weighted by molar-refractivity contribution is -0.152. The van der Waals surface area contributed by atoms with Crippen LogP contribution in [0.4, 0.5) is 4.39 Å². The van der Waals surface area contributed by atoms with Crippen molar-refractivity contribution in [2.24, 2.45) is 5.41 Å². The molecule has 0 aliphatic carbocycles. The van der Waals surface area contributed by atoms with Crippen molar-refractivity contribution in [3.63, 3.8) is 0 Å². The molecule has 0 aromatic heterocycles. The van der Waals surface area contributed by atoms with Crippen molar-refractivity contribution in [2.75, 3.05) is 13.7 Å². The van der Waals surface area contributed by atoms with Crippen LogP contribution in [0.5, 0.6) is 5.75 Å². The number of carbonyl (C=O) groups excluding carboxylic acids is 1. The molecule has 1 atom stereocenters. The molecule has 0 spiro atoms. The molecule has 0 bridgehead atoms. The van der Waals surface area contributed by atoms with Gasteiger partial charge in [-0.05, 0) is 38.5 Å². The summed E-state index contributed by atoms with van der Waals surface area (Å²) in [5.41, 5.74) is -0.387. The zero-order valence-electron chi connectivity index (χ0n) is 11.6. The van der Waals surface area contributed by atoms with E-state index in [9.17, 15) is 14.3 Å². The summed E-state index contributed by atoms with van der Waals surface area (Å²) in [7, 11) is 1.29. The fraction of sp³-hybridized carbons (Fsp3) is 0.500. The van der Waals surface area contributed by atoms with Gasteiger partial charge in [0, 0.05) is 0 Å². The number of rotatable bonds is 5. The molecule has 106 valence electrons. The van der Waals surface area contributed by atoms with Crippen molar-refractivity contribution in [3.05, 3.63) is 29.6 Å². The summed E-state index contributed by atoms with van der Waals surface area (Å²) in [6.45, 7) is 4.86. The third-order valence-electron chi connectivity index (χ3n) is 2.76. The molecule has 0 radical (unpaired) electrons. The number of benzene rings is 1. The second-order valence-electron chi connectivity index (χ2n) is 5.03. The molecule has 1 aromatic rings. The summed E-state index contributed by atoms with van der Waals surface area (Å²) in [6, 6.07) is 4.23. The molecule has 19 heavy (non-hydrogen) atoms. The highest BCUT2D eigenvalue weighted by Gasteiger charge is 2.30. The van der Waals surface area contributed by atoms with E-state index in [0.29, 0.717) is 5.56 Å². The Hall–Kier alpha value is -1.62. The van der Waals surface area contributed by atoms with Gasteiger partial charge in [-0.3, -0.25) is 4.79 Å². The minimum Gasteiger partial charge on any atom is -0.489 e. The average Bonchev–Trinajstić information content (AvgIpc) is 2.36. The molecule has 5 heteroatoms. The van der Waals surface area contributed by atoms with Crippen LogP contribution in [0.15, 0.2) is 18.2 Å². The van der Waals surface area contributed by atoms with E-state index in [0.717, 1.165) is 0 Å². The Labute approximate surface area is 112 Å². The van der Waals surface area contributed by atoms with Crippen LogP contribution in [0.2, 0.25) is 0 Å². The third kappa shape index (κ3) is 3.92. The molecule has 4 nitrogen and oxygen atoms in total. The van der Waals surface area contributed by atoms with E-state index in [1.54, 1.807) is 26.8 Å². The molecule has 0 amide bonds. The summed E-state index contributed by atoms with van der Waals surface area (Å²) in [5, 5.41) is 9.33. The fourth-order valence-corrected chi connectivity index (χ4v) is 1.49. The summed E-state index contributed by atoms with van der Waals surface area (Å²) < 4.78 is 23.7. The van der Waals surface area contributed by atoms with Gasteiger partial charge in [0.2, 0.25) is 0 Å². The number of ether oxygens (including phenoxy) is 2. The number of halogens is 1. The van der Waals surface area contributed by atoms with Gasteiger partial charge in [0.05, 0.1) is 18.6 Å². The van der Waals surface area contributed by atoms with Gasteiger partial charge < -0.3 is 14.6 Å².